The first-order valence-corrected chi connectivity index (χ1v) is 10.0. The fourth-order valence-corrected chi connectivity index (χ4v) is 4.30. The number of aromatic amines is 1. The van der Waals surface area contributed by atoms with E-state index in [-0.39, 0.29) is 11.3 Å². The fourth-order valence-electron chi connectivity index (χ4n) is 3.63. The Kier molecular flexibility index (Phi) is 4.18. The van der Waals surface area contributed by atoms with Gasteiger partial charge in [-0.1, -0.05) is 24.3 Å². The van der Waals surface area contributed by atoms with Crippen molar-refractivity contribution in [1.82, 2.24) is 19.9 Å². The molecule has 1 aliphatic rings. The molecule has 0 fully saturated rings. The fraction of sp³-hybridized carbons (Fsp3) is 0.190. The van der Waals surface area contributed by atoms with E-state index in [1.807, 2.05) is 41.8 Å². The van der Waals surface area contributed by atoms with Crippen LogP contribution in [0.2, 0.25) is 0 Å². The van der Waals surface area contributed by atoms with E-state index in [0.29, 0.717) is 24.4 Å². The van der Waals surface area contributed by atoms with Crippen LogP contribution in [-0.2, 0) is 19.5 Å². The third-order valence-electron chi connectivity index (χ3n) is 5.04. The smallest absolute Gasteiger partial charge is 0.255 e. The van der Waals surface area contributed by atoms with Crippen molar-refractivity contribution in [2.24, 2.45) is 0 Å². The number of benzene rings is 1. The molecule has 4 heterocycles. The maximum atomic E-state index is 12.6. The number of hydrogen-bond donors (Lipinski definition) is 2. The number of para-hydroxylation sites is 1. The largest absolute Gasteiger partial charge is 0.506 e. The Morgan fingerprint density at radius 2 is 2.07 bits per heavy atom. The molecule has 0 unspecified atom stereocenters. The highest BCUT2D eigenvalue weighted by molar-refractivity contribution is 7.13. The van der Waals surface area contributed by atoms with Gasteiger partial charge in [0.2, 0.25) is 0 Å². The SMILES string of the molecule is O=c1[nH]c(-c2cccs2)nc2c1CN(Cc1ccc3cccc(O)c3n1)CC2. The summed E-state index contributed by atoms with van der Waals surface area (Å²) in [5.74, 6) is 0.837. The lowest BCUT2D eigenvalue weighted by atomic mass is 10.1. The van der Waals surface area contributed by atoms with E-state index in [1.165, 1.54) is 0 Å². The number of aromatic hydroxyl groups is 1. The minimum absolute atomic E-state index is 0.0674. The summed E-state index contributed by atoms with van der Waals surface area (Å²) >= 11 is 1.57. The average molecular weight is 390 g/mol. The molecule has 7 heteroatoms. The summed E-state index contributed by atoms with van der Waals surface area (Å²) in [5.41, 5.74) is 3.03. The van der Waals surface area contributed by atoms with Crippen LogP contribution >= 0.6 is 11.3 Å². The van der Waals surface area contributed by atoms with Crippen LogP contribution in [0.15, 0.2) is 52.6 Å². The van der Waals surface area contributed by atoms with Gasteiger partial charge in [-0.3, -0.25) is 9.69 Å². The molecule has 0 spiro atoms. The molecule has 0 amide bonds. The van der Waals surface area contributed by atoms with Crippen molar-refractivity contribution in [3.05, 3.63) is 75.1 Å². The summed E-state index contributed by atoms with van der Waals surface area (Å²) in [6.07, 6.45) is 0.733. The zero-order chi connectivity index (χ0) is 19.1. The normalized spacial score (nSPS) is 14.3. The van der Waals surface area contributed by atoms with Gasteiger partial charge in [0, 0.05) is 31.4 Å². The van der Waals surface area contributed by atoms with Crippen molar-refractivity contribution in [2.45, 2.75) is 19.5 Å². The van der Waals surface area contributed by atoms with Crippen molar-refractivity contribution in [1.29, 1.82) is 0 Å². The summed E-state index contributed by atoms with van der Waals surface area (Å²) in [5, 5.41) is 12.9. The third kappa shape index (κ3) is 3.08. The zero-order valence-electron chi connectivity index (χ0n) is 15.1. The molecule has 1 aromatic carbocycles. The number of H-pyrrole nitrogens is 1. The second-order valence-corrected chi connectivity index (χ2v) is 7.88. The Hall–Kier alpha value is -3.03. The molecule has 0 radical (unpaired) electrons. The molecule has 0 saturated heterocycles. The molecule has 0 saturated carbocycles. The molecule has 4 aromatic rings. The van der Waals surface area contributed by atoms with E-state index in [2.05, 4.69) is 14.9 Å². The highest BCUT2D eigenvalue weighted by Gasteiger charge is 2.22. The summed E-state index contributed by atoms with van der Waals surface area (Å²) in [6, 6.07) is 13.2. The van der Waals surface area contributed by atoms with Gasteiger partial charge < -0.3 is 10.1 Å². The van der Waals surface area contributed by atoms with Gasteiger partial charge in [0.25, 0.3) is 5.56 Å². The number of hydrogen-bond acceptors (Lipinski definition) is 6. The number of aromatic nitrogens is 3. The first kappa shape index (κ1) is 17.1. The van der Waals surface area contributed by atoms with Crippen molar-refractivity contribution in [3.63, 3.8) is 0 Å². The van der Waals surface area contributed by atoms with Crippen LogP contribution < -0.4 is 5.56 Å². The van der Waals surface area contributed by atoms with Gasteiger partial charge >= 0.3 is 0 Å². The van der Waals surface area contributed by atoms with Gasteiger partial charge in [-0.25, -0.2) is 9.97 Å². The van der Waals surface area contributed by atoms with Crippen LogP contribution in [0, 0.1) is 0 Å². The highest BCUT2D eigenvalue weighted by Crippen LogP contribution is 2.25. The van der Waals surface area contributed by atoms with Crippen molar-refractivity contribution < 1.29 is 5.11 Å². The van der Waals surface area contributed by atoms with Crippen LogP contribution in [0.5, 0.6) is 5.75 Å². The lowest BCUT2D eigenvalue weighted by Gasteiger charge is -2.27. The Balaban J connectivity index is 1.40. The van der Waals surface area contributed by atoms with Crippen molar-refractivity contribution >= 4 is 22.2 Å². The molecule has 28 heavy (non-hydrogen) atoms. The van der Waals surface area contributed by atoms with Gasteiger partial charge in [-0.15, -0.1) is 11.3 Å². The molecule has 5 rings (SSSR count). The van der Waals surface area contributed by atoms with Crippen molar-refractivity contribution in [3.8, 4) is 16.5 Å². The van der Waals surface area contributed by atoms with Crippen LogP contribution in [-0.4, -0.2) is 31.5 Å². The third-order valence-corrected chi connectivity index (χ3v) is 5.92. The van der Waals surface area contributed by atoms with E-state index in [0.717, 1.165) is 40.2 Å². The van der Waals surface area contributed by atoms with E-state index < -0.39 is 0 Å². The summed E-state index contributed by atoms with van der Waals surface area (Å²) in [6.45, 7) is 1.98. The topological polar surface area (TPSA) is 82.1 Å². The Morgan fingerprint density at radius 3 is 2.93 bits per heavy atom. The number of phenolic OH excluding ortho intramolecular Hbond substituents is 1. The maximum Gasteiger partial charge on any atom is 0.255 e. The first-order chi connectivity index (χ1) is 13.7. The molecule has 3 aromatic heterocycles. The number of fused-ring (bicyclic) bond motifs is 2. The number of thiophene rings is 1. The Bertz CT molecular complexity index is 1220. The maximum absolute atomic E-state index is 12.6. The van der Waals surface area contributed by atoms with Crippen LogP contribution in [0.25, 0.3) is 21.6 Å². The van der Waals surface area contributed by atoms with Crippen LogP contribution in [0.4, 0.5) is 0 Å². The molecular formula is C21H18N4O2S. The summed E-state index contributed by atoms with van der Waals surface area (Å²) in [7, 11) is 0. The number of rotatable bonds is 3. The van der Waals surface area contributed by atoms with Gasteiger partial charge in [0.05, 0.1) is 21.8 Å². The number of phenols is 1. The first-order valence-electron chi connectivity index (χ1n) is 9.13. The van der Waals surface area contributed by atoms with E-state index in [4.69, 9.17) is 4.98 Å². The standard InChI is InChI=1S/C21H18N4O2S/c26-17-4-1-3-13-6-7-14(22-19(13)17)11-25-9-8-16-15(12-25)21(27)24-20(23-16)18-5-2-10-28-18/h1-7,10,26H,8-9,11-12H2,(H,23,24,27). The quantitative estimate of drug-likeness (QED) is 0.561. The molecule has 0 aliphatic carbocycles. The second kappa shape index (κ2) is 6.85. The molecular weight excluding hydrogens is 372 g/mol. The Labute approximate surface area is 165 Å². The molecule has 6 nitrogen and oxygen atoms in total. The molecule has 140 valence electrons. The minimum Gasteiger partial charge on any atom is -0.506 e. The lowest BCUT2D eigenvalue weighted by molar-refractivity contribution is 0.239. The van der Waals surface area contributed by atoms with E-state index in [9.17, 15) is 9.90 Å². The van der Waals surface area contributed by atoms with Gasteiger partial charge in [0.15, 0.2) is 5.82 Å². The van der Waals surface area contributed by atoms with E-state index in [1.54, 1.807) is 17.4 Å². The highest BCUT2D eigenvalue weighted by atomic mass is 32.1. The lowest BCUT2D eigenvalue weighted by Crippen LogP contribution is -2.35. The summed E-state index contributed by atoms with van der Waals surface area (Å²) < 4.78 is 0. The number of nitrogens with one attached hydrogen (secondary N) is 1. The summed E-state index contributed by atoms with van der Waals surface area (Å²) in [4.78, 5) is 28.0. The average Bonchev–Trinajstić information content (AvgIpc) is 3.24. The van der Waals surface area contributed by atoms with Gasteiger partial charge in [0.1, 0.15) is 11.3 Å². The number of pyridine rings is 1. The van der Waals surface area contributed by atoms with Crippen molar-refractivity contribution in [2.75, 3.05) is 6.54 Å². The molecule has 1 aliphatic heterocycles. The second-order valence-electron chi connectivity index (χ2n) is 6.93. The molecule has 2 N–H and O–H groups in total. The van der Waals surface area contributed by atoms with E-state index >= 15 is 0 Å². The molecule has 0 bridgehead atoms. The van der Waals surface area contributed by atoms with Crippen LogP contribution in [0.1, 0.15) is 17.0 Å². The zero-order valence-corrected chi connectivity index (χ0v) is 15.9. The molecule has 0 atom stereocenters. The minimum atomic E-state index is -0.0674. The van der Waals surface area contributed by atoms with Crippen LogP contribution in [0.3, 0.4) is 0 Å². The predicted octanol–water partition coefficient (Wildman–Crippen LogP) is 3.31. The Morgan fingerprint density at radius 1 is 1.14 bits per heavy atom. The van der Waals surface area contributed by atoms with Gasteiger partial charge in [-0.2, -0.15) is 0 Å². The van der Waals surface area contributed by atoms with Gasteiger partial charge in [-0.05, 0) is 23.6 Å². The predicted molar refractivity (Wildman–Crippen MR) is 109 cm³/mol. The number of nitrogens with zero attached hydrogens (tertiary/aromatic N) is 3. The monoisotopic (exact) mass is 390 g/mol.